The van der Waals surface area contributed by atoms with Crippen molar-refractivity contribution in [2.24, 2.45) is 0 Å². The van der Waals surface area contributed by atoms with Crippen LogP contribution in [0.3, 0.4) is 0 Å². The van der Waals surface area contributed by atoms with Gasteiger partial charge in [0.05, 0.1) is 30.0 Å². The van der Waals surface area contributed by atoms with Crippen LogP contribution in [0.15, 0.2) is 18.5 Å². The number of hydrogen-bond acceptors (Lipinski definition) is 3. The summed E-state index contributed by atoms with van der Waals surface area (Å²) in [6, 6.07) is 4.29. The van der Waals surface area contributed by atoms with Gasteiger partial charge in [-0.3, -0.25) is 0 Å². The summed E-state index contributed by atoms with van der Waals surface area (Å²) in [4.78, 5) is 6.79. The lowest BCUT2D eigenvalue weighted by Gasteiger charge is -2.19. The van der Waals surface area contributed by atoms with Crippen molar-refractivity contribution in [2.75, 3.05) is 19.6 Å². The van der Waals surface area contributed by atoms with Gasteiger partial charge in [-0.15, -0.1) is 0 Å². The molecule has 1 N–H and O–H groups in total. The summed E-state index contributed by atoms with van der Waals surface area (Å²) in [6.07, 6.45) is 4.04. The number of β-amino-alcohol motifs (C(OH)–C–C–N with tert-alkyl or cyclic N) is 1. The number of hydrogen-bond donors (Lipinski definition) is 1. The molecule has 1 fully saturated rings. The van der Waals surface area contributed by atoms with Gasteiger partial charge in [0, 0.05) is 6.54 Å². The Morgan fingerprint density at radius 3 is 2.60 bits per heavy atom. The average Bonchev–Trinajstić information content (AvgIpc) is 3.02. The van der Waals surface area contributed by atoms with Crippen LogP contribution in [0.4, 0.5) is 0 Å². The van der Waals surface area contributed by atoms with E-state index in [4.69, 9.17) is 0 Å². The molecule has 108 valence electrons. The molecule has 4 nitrogen and oxygen atoms in total. The smallest absolute Gasteiger partial charge is 0.0959 e. The van der Waals surface area contributed by atoms with Crippen LogP contribution in [-0.4, -0.2) is 45.3 Å². The zero-order valence-electron chi connectivity index (χ0n) is 12.3. The highest BCUT2D eigenvalue weighted by Gasteiger charge is 2.16. The average molecular weight is 273 g/mol. The van der Waals surface area contributed by atoms with Crippen molar-refractivity contribution >= 4 is 11.0 Å². The molecule has 1 atom stereocenters. The number of imidazole rings is 1. The van der Waals surface area contributed by atoms with Crippen LogP contribution in [0.5, 0.6) is 0 Å². The van der Waals surface area contributed by atoms with Crippen molar-refractivity contribution in [1.29, 1.82) is 0 Å². The Morgan fingerprint density at radius 2 is 1.85 bits per heavy atom. The summed E-state index contributed by atoms with van der Waals surface area (Å²) in [5.74, 6) is 0. The molecule has 3 rings (SSSR count). The maximum atomic E-state index is 10.3. The van der Waals surface area contributed by atoms with E-state index in [1.165, 1.54) is 24.0 Å². The van der Waals surface area contributed by atoms with E-state index >= 15 is 0 Å². The second-order valence-corrected chi connectivity index (χ2v) is 5.98. The van der Waals surface area contributed by atoms with E-state index in [0.29, 0.717) is 6.54 Å². The predicted molar refractivity (Wildman–Crippen MR) is 80.9 cm³/mol. The van der Waals surface area contributed by atoms with Crippen molar-refractivity contribution < 1.29 is 5.11 Å². The van der Waals surface area contributed by atoms with Crippen LogP contribution in [0.2, 0.25) is 0 Å². The molecule has 1 aliphatic heterocycles. The lowest BCUT2D eigenvalue weighted by molar-refractivity contribution is 0.110. The maximum Gasteiger partial charge on any atom is 0.0959 e. The number of aromatic nitrogens is 2. The van der Waals surface area contributed by atoms with Crippen molar-refractivity contribution in [3.63, 3.8) is 0 Å². The van der Waals surface area contributed by atoms with Crippen LogP contribution in [-0.2, 0) is 6.54 Å². The summed E-state index contributed by atoms with van der Waals surface area (Å²) in [5.41, 5.74) is 4.67. The van der Waals surface area contributed by atoms with Gasteiger partial charge in [0.15, 0.2) is 0 Å². The van der Waals surface area contributed by atoms with Gasteiger partial charge in [-0.25, -0.2) is 4.98 Å². The minimum absolute atomic E-state index is 0.327. The highest BCUT2D eigenvalue weighted by Crippen LogP contribution is 2.19. The zero-order chi connectivity index (χ0) is 14.1. The molecule has 20 heavy (non-hydrogen) atoms. The van der Waals surface area contributed by atoms with Gasteiger partial charge in [-0.05, 0) is 63.0 Å². The molecule has 2 aromatic rings. The molecule has 2 heterocycles. The fraction of sp³-hybridized carbons (Fsp3) is 0.562. The molecule has 1 aliphatic rings. The van der Waals surface area contributed by atoms with E-state index in [-0.39, 0.29) is 6.10 Å². The van der Waals surface area contributed by atoms with Crippen LogP contribution >= 0.6 is 0 Å². The van der Waals surface area contributed by atoms with E-state index in [1.807, 2.05) is 6.33 Å². The molecule has 0 saturated carbocycles. The van der Waals surface area contributed by atoms with Crippen molar-refractivity contribution in [3.05, 3.63) is 29.6 Å². The molecule has 0 aliphatic carbocycles. The number of aliphatic hydroxyl groups excluding tert-OH is 1. The second kappa shape index (κ2) is 5.54. The van der Waals surface area contributed by atoms with E-state index < -0.39 is 0 Å². The Hall–Kier alpha value is -1.39. The van der Waals surface area contributed by atoms with Gasteiger partial charge >= 0.3 is 0 Å². The molecule has 0 amide bonds. The van der Waals surface area contributed by atoms with Gasteiger partial charge in [-0.2, -0.15) is 0 Å². The molecular formula is C16H23N3O. The third-order valence-electron chi connectivity index (χ3n) is 4.31. The van der Waals surface area contributed by atoms with Crippen molar-refractivity contribution in [3.8, 4) is 0 Å². The normalized spacial score (nSPS) is 17.9. The number of nitrogens with zero attached hydrogens (tertiary/aromatic N) is 3. The number of likely N-dealkylation sites (tertiary alicyclic amines) is 1. The molecule has 4 heteroatoms. The second-order valence-electron chi connectivity index (χ2n) is 5.98. The Kier molecular flexibility index (Phi) is 3.76. The topological polar surface area (TPSA) is 41.3 Å². The number of rotatable bonds is 4. The van der Waals surface area contributed by atoms with Crippen molar-refractivity contribution in [1.82, 2.24) is 14.5 Å². The third kappa shape index (κ3) is 2.72. The minimum Gasteiger partial charge on any atom is -0.390 e. The van der Waals surface area contributed by atoms with Gasteiger partial charge in [0.1, 0.15) is 0 Å². The first kappa shape index (κ1) is 13.6. The van der Waals surface area contributed by atoms with Gasteiger partial charge in [0.25, 0.3) is 0 Å². The first-order valence-corrected chi connectivity index (χ1v) is 7.46. The fourth-order valence-electron chi connectivity index (χ4n) is 3.01. The fourth-order valence-corrected chi connectivity index (χ4v) is 3.01. The molecular weight excluding hydrogens is 250 g/mol. The number of fused-ring (bicyclic) bond motifs is 1. The highest BCUT2D eigenvalue weighted by molar-refractivity contribution is 5.77. The van der Waals surface area contributed by atoms with Crippen LogP contribution < -0.4 is 0 Å². The summed E-state index contributed by atoms with van der Waals surface area (Å²) < 4.78 is 2.07. The third-order valence-corrected chi connectivity index (χ3v) is 4.31. The van der Waals surface area contributed by atoms with Gasteiger partial charge < -0.3 is 14.6 Å². The van der Waals surface area contributed by atoms with E-state index in [9.17, 15) is 5.11 Å². The Bertz CT molecular complexity index is 599. The molecule has 0 spiro atoms. The largest absolute Gasteiger partial charge is 0.390 e. The molecule has 0 unspecified atom stereocenters. The van der Waals surface area contributed by atoms with Crippen LogP contribution in [0, 0.1) is 13.8 Å². The zero-order valence-corrected chi connectivity index (χ0v) is 12.3. The van der Waals surface area contributed by atoms with Crippen LogP contribution in [0.25, 0.3) is 11.0 Å². The van der Waals surface area contributed by atoms with E-state index in [1.54, 1.807) is 0 Å². The van der Waals surface area contributed by atoms with Gasteiger partial charge in [-0.1, -0.05) is 0 Å². The summed E-state index contributed by atoms with van der Waals surface area (Å²) in [7, 11) is 0. The monoisotopic (exact) mass is 273 g/mol. The minimum atomic E-state index is -0.327. The number of aliphatic hydroxyl groups is 1. The Morgan fingerprint density at radius 1 is 1.15 bits per heavy atom. The SMILES string of the molecule is Cc1cc2ncn(C[C@H](O)CN3CCCC3)c2cc1C. The predicted octanol–water partition coefficient (Wildman–Crippen LogP) is 2.11. The summed E-state index contributed by atoms with van der Waals surface area (Å²) in [6.45, 7) is 7.86. The quantitative estimate of drug-likeness (QED) is 0.927. The first-order chi connectivity index (χ1) is 9.63. The molecule has 0 radical (unpaired) electrons. The number of benzene rings is 1. The van der Waals surface area contributed by atoms with Crippen LogP contribution in [0.1, 0.15) is 24.0 Å². The molecule has 0 bridgehead atoms. The van der Waals surface area contributed by atoms with E-state index in [0.717, 1.165) is 30.7 Å². The molecule has 1 aromatic carbocycles. The lowest BCUT2D eigenvalue weighted by atomic mass is 10.1. The van der Waals surface area contributed by atoms with E-state index in [2.05, 4.69) is 40.4 Å². The standard InChI is InChI=1S/C16H23N3O/c1-12-7-15-16(8-13(12)2)19(11-17-15)10-14(20)9-18-5-3-4-6-18/h7-8,11,14,20H,3-6,9-10H2,1-2H3/t14-/m1/s1. The van der Waals surface area contributed by atoms with Gasteiger partial charge in [0.2, 0.25) is 0 Å². The highest BCUT2D eigenvalue weighted by atomic mass is 16.3. The molecule has 1 aromatic heterocycles. The van der Waals surface area contributed by atoms with Crippen molar-refractivity contribution in [2.45, 2.75) is 39.3 Å². The Labute approximate surface area is 120 Å². The summed E-state index contributed by atoms with van der Waals surface area (Å²) >= 11 is 0. The maximum absolute atomic E-state index is 10.3. The number of aryl methyl sites for hydroxylation is 2. The lowest BCUT2D eigenvalue weighted by Crippen LogP contribution is -2.32. The first-order valence-electron chi connectivity index (χ1n) is 7.46. The molecule has 1 saturated heterocycles. The Balaban J connectivity index is 1.75. The summed E-state index contributed by atoms with van der Waals surface area (Å²) in [5, 5.41) is 10.3.